The lowest BCUT2D eigenvalue weighted by Gasteiger charge is -2.33. The Morgan fingerprint density at radius 1 is 1.47 bits per heavy atom. The zero-order valence-corrected chi connectivity index (χ0v) is 11.2. The number of carbonyl (C=O) groups is 1. The number of hydrogen-bond donors (Lipinski definition) is 1. The molecule has 1 aliphatic rings. The van der Waals surface area contributed by atoms with E-state index in [-0.39, 0.29) is 12.0 Å². The third-order valence-electron chi connectivity index (χ3n) is 3.32. The van der Waals surface area contributed by atoms with Crippen molar-refractivity contribution in [2.45, 2.75) is 20.0 Å². The average molecular weight is 243 g/mol. The first-order valence-corrected chi connectivity index (χ1v) is 6.49. The van der Waals surface area contributed by atoms with Gasteiger partial charge in [0, 0.05) is 33.2 Å². The standard InChI is InChI=1S/C12H25N3O2/c1-4-14(5-2)6-7-15-8-9-17-11(10-15)12(16)13-3/h11H,4-10H2,1-3H3,(H,13,16)/t11-/m0/s1. The maximum Gasteiger partial charge on any atom is 0.250 e. The van der Waals surface area contributed by atoms with Gasteiger partial charge in [0.1, 0.15) is 6.10 Å². The molecular formula is C12H25N3O2. The zero-order valence-electron chi connectivity index (χ0n) is 11.2. The molecule has 1 heterocycles. The highest BCUT2D eigenvalue weighted by Gasteiger charge is 2.25. The van der Waals surface area contributed by atoms with Crippen LogP contribution in [0.25, 0.3) is 0 Å². The first kappa shape index (κ1) is 14.4. The summed E-state index contributed by atoms with van der Waals surface area (Å²) in [6.45, 7) is 10.9. The van der Waals surface area contributed by atoms with Crippen molar-refractivity contribution in [2.75, 3.05) is 52.9 Å². The fraction of sp³-hybridized carbons (Fsp3) is 0.917. The molecule has 5 heteroatoms. The van der Waals surface area contributed by atoms with E-state index >= 15 is 0 Å². The number of amides is 1. The topological polar surface area (TPSA) is 44.8 Å². The Balaban J connectivity index is 2.31. The normalized spacial score (nSPS) is 21.8. The molecule has 0 aromatic carbocycles. The van der Waals surface area contributed by atoms with E-state index in [2.05, 4.69) is 29.0 Å². The van der Waals surface area contributed by atoms with E-state index < -0.39 is 0 Å². The van der Waals surface area contributed by atoms with Gasteiger partial charge in [-0.25, -0.2) is 0 Å². The van der Waals surface area contributed by atoms with Gasteiger partial charge >= 0.3 is 0 Å². The van der Waals surface area contributed by atoms with E-state index in [1.807, 2.05) is 0 Å². The largest absolute Gasteiger partial charge is 0.366 e. The van der Waals surface area contributed by atoms with Gasteiger partial charge in [-0.05, 0) is 13.1 Å². The third kappa shape index (κ3) is 4.61. The summed E-state index contributed by atoms with van der Waals surface area (Å²) in [4.78, 5) is 16.2. The molecule has 1 fully saturated rings. The zero-order chi connectivity index (χ0) is 12.7. The van der Waals surface area contributed by atoms with Crippen LogP contribution in [-0.4, -0.2) is 74.7 Å². The van der Waals surface area contributed by atoms with Gasteiger partial charge < -0.3 is 15.0 Å². The Morgan fingerprint density at radius 2 is 2.18 bits per heavy atom. The highest BCUT2D eigenvalue weighted by Crippen LogP contribution is 2.05. The SMILES string of the molecule is CCN(CC)CCN1CCO[C@H](C(=O)NC)C1. The van der Waals surface area contributed by atoms with Crippen molar-refractivity contribution in [1.29, 1.82) is 0 Å². The van der Waals surface area contributed by atoms with Crippen LogP contribution in [-0.2, 0) is 9.53 Å². The molecule has 1 atom stereocenters. The molecule has 100 valence electrons. The Hall–Kier alpha value is -0.650. The summed E-state index contributed by atoms with van der Waals surface area (Å²) in [5.74, 6) is -0.0162. The van der Waals surface area contributed by atoms with E-state index in [9.17, 15) is 4.79 Å². The number of likely N-dealkylation sites (N-methyl/N-ethyl adjacent to an activating group) is 2. The second-order valence-electron chi connectivity index (χ2n) is 4.30. The molecule has 0 radical (unpaired) electrons. The third-order valence-corrected chi connectivity index (χ3v) is 3.32. The first-order valence-electron chi connectivity index (χ1n) is 6.49. The van der Waals surface area contributed by atoms with Gasteiger partial charge in [0.25, 0.3) is 0 Å². The molecule has 5 nitrogen and oxygen atoms in total. The smallest absolute Gasteiger partial charge is 0.250 e. The molecule has 0 unspecified atom stereocenters. The predicted molar refractivity (Wildman–Crippen MR) is 68.0 cm³/mol. The van der Waals surface area contributed by atoms with E-state index in [1.165, 1.54) is 0 Å². The highest BCUT2D eigenvalue weighted by molar-refractivity contribution is 5.80. The number of nitrogens with one attached hydrogen (secondary N) is 1. The van der Waals surface area contributed by atoms with Gasteiger partial charge in [-0.15, -0.1) is 0 Å². The summed E-state index contributed by atoms with van der Waals surface area (Å²) in [7, 11) is 1.65. The van der Waals surface area contributed by atoms with Crippen molar-refractivity contribution in [2.24, 2.45) is 0 Å². The van der Waals surface area contributed by atoms with Gasteiger partial charge in [0.05, 0.1) is 6.61 Å². The van der Waals surface area contributed by atoms with Crippen LogP contribution in [0.3, 0.4) is 0 Å². The minimum Gasteiger partial charge on any atom is -0.366 e. The minimum atomic E-state index is -0.301. The van der Waals surface area contributed by atoms with Crippen molar-refractivity contribution in [3.63, 3.8) is 0 Å². The van der Waals surface area contributed by atoms with Crippen molar-refractivity contribution in [1.82, 2.24) is 15.1 Å². The van der Waals surface area contributed by atoms with Crippen LogP contribution in [0.15, 0.2) is 0 Å². The molecule has 0 aliphatic carbocycles. The lowest BCUT2D eigenvalue weighted by atomic mass is 10.2. The number of carbonyl (C=O) groups excluding carboxylic acids is 1. The molecule has 0 aromatic rings. The summed E-state index contributed by atoms with van der Waals surface area (Å²) in [5, 5.41) is 2.64. The van der Waals surface area contributed by atoms with Crippen LogP contribution in [0.4, 0.5) is 0 Å². The van der Waals surface area contributed by atoms with E-state index in [1.54, 1.807) is 7.05 Å². The number of rotatable bonds is 6. The van der Waals surface area contributed by atoms with Crippen LogP contribution in [0.1, 0.15) is 13.8 Å². The molecule has 1 amide bonds. The van der Waals surface area contributed by atoms with Gasteiger partial charge in [0.15, 0.2) is 0 Å². The molecule has 1 N–H and O–H groups in total. The van der Waals surface area contributed by atoms with Gasteiger partial charge in [-0.3, -0.25) is 9.69 Å². The number of ether oxygens (including phenoxy) is 1. The minimum absolute atomic E-state index is 0.0162. The molecule has 1 aliphatic heterocycles. The Bertz CT molecular complexity index is 232. The Labute approximate surface area is 104 Å². The summed E-state index contributed by atoms with van der Waals surface area (Å²) in [5.41, 5.74) is 0. The molecule has 0 saturated carbocycles. The molecule has 0 aromatic heterocycles. The quantitative estimate of drug-likeness (QED) is 0.700. The maximum atomic E-state index is 11.5. The number of hydrogen-bond acceptors (Lipinski definition) is 4. The van der Waals surface area contributed by atoms with Gasteiger partial charge in [-0.1, -0.05) is 13.8 Å². The van der Waals surface area contributed by atoms with Crippen molar-refractivity contribution in [3.05, 3.63) is 0 Å². The Kier molecular flexibility index (Phi) is 6.47. The molecular weight excluding hydrogens is 218 g/mol. The van der Waals surface area contributed by atoms with E-state index in [0.717, 1.165) is 32.7 Å². The summed E-state index contributed by atoms with van der Waals surface area (Å²) >= 11 is 0. The highest BCUT2D eigenvalue weighted by atomic mass is 16.5. The molecule has 0 spiro atoms. The van der Waals surface area contributed by atoms with E-state index in [4.69, 9.17) is 4.74 Å². The second-order valence-corrected chi connectivity index (χ2v) is 4.30. The fourth-order valence-corrected chi connectivity index (χ4v) is 2.05. The van der Waals surface area contributed by atoms with Gasteiger partial charge in [0.2, 0.25) is 5.91 Å². The van der Waals surface area contributed by atoms with Crippen LogP contribution in [0.5, 0.6) is 0 Å². The predicted octanol–water partition coefficient (Wildman–Crippen LogP) is -0.225. The lowest BCUT2D eigenvalue weighted by Crippen LogP contribution is -2.50. The molecule has 1 rings (SSSR count). The summed E-state index contributed by atoms with van der Waals surface area (Å²) < 4.78 is 5.45. The summed E-state index contributed by atoms with van der Waals surface area (Å²) in [6, 6.07) is 0. The van der Waals surface area contributed by atoms with Crippen molar-refractivity contribution in [3.8, 4) is 0 Å². The van der Waals surface area contributed by atoms with Crippen LogP contribution >= 0.6 is 0 Å². The van der Waals surface area contributed by atoms with Crippen molar-refractivity contribution >= 4 is 5.91 Å². The van der Waals surface area contributed by atoms with Crippen LogP contribution < -0.4 is 5.32 Å². The number of morpholine rings is 1. The van der Waals surface area contributed by atoms with Gasteiger partial charge in [-0.2, -0.15) is 0 Å². The summed E-state index contributed by atoms with van der Waals surface area (Å²) in [6.07, 6.45) is -0.301. The molecule has 17 heavy (non-hydrogen) atoms. The van der Waals surface area contributed by atoms with Crippen LogP contribution in [0, 0.1) is 0 Å². The van der Waals surface area contributed by atoms with Crippen molar-refractivity contribution < 1.29 is 9.53 Å². The fourth-order valence-electron chi connectivity index (χ4n) is 2.05. The Morgan fingerprint density at radius 3 is 2.76 bits per heavy atom. The second kappa shape index (κ2) is 7.63. The van der Waals surface area contributed by atoms with Crippen LogP contribution in [0.2, 0.25) is 0 Å². The van der Waals surface area contributed by atoms with E-state index in [0.29, 0.717) is 13.2 Å². The maximum absolute atomic E-state index is 11.5. The first-order chi connectivity index (χ1) is 8.21. The molecule has 1 saturated heterocycles. The average Bonchev–Trinajstić information content (AvgIpc) is 2.39. The monoisotopic (exact) mass is 243 g/mol. The number of nitrogens with zero attached hydrogens (tertiary/aromatic N) is 2. The lowest BCUT2D eigenvalue weighted by molar-refractivity contribution is -0.138. The molecule has 0 bridgehead atoms.